The molecule has 3 aliphatic rings. The molecule has 1 aliphatic carbocycles. The highest BCUT2D eigenvalue weighted by molar-refractivity contribution is 6.03. The Hall–Kier alpha value is -3.13. The van der Waals surface area contributed by atoms with Crippen molar-refractivity contribution in [3.63, 3.8) is 0 Å². The lowest BCUT2D eigenvalue weighted by Gasteiger charge is -2.28. The molecule has 0 saturated carbocycles. The van der Waals surface area contributed by atoms with Gasteiger partial charge in [-0.25, -0.2) is 0 Å². The zero-order valence-corrected chi connectivity index (χ0v) is 26.8. The fourth-order valence-corrected chi connectivity index (χ4v) is 7.60. The van der Waals surface area contributed by atoms with E-state index in [-0.39, 0.29) is 10.8 Å². The average molecular weight is 548 g/mol. The first-order chi connectivity index (χ1) is 19.6. The van der Waals surface area contributed by atoms with Crippen LogP contribution in [0.1, 0.15) is 98.6 Å². The van der Waals surface area contributed by atoms with Gasteiger partial charge in [0.05, 0.1) is 5.41 Å². The van der Waals surface area contributed by atoms with E-state index in [1.165, 1.54) is 51.5 Å². The van der Waals surface area contributed by atoms with Crippen molar-refractivity contribution < 1.29 is 4.58 Å². The number of hydrogen-bond donors (Lipinski definition) is 0. The molecule has 2 nitrogen and oxygen atoms in total. The lowest BCUT2D eigenvalue weighted by Crippen LogP contribution is -2.28. The Kier molecular flexibility index (Phi) is 8.33. The molecule has 0 saturated heterocycles. The number of allylic oxidation sites excluding steroid dienone is 8. The van der Waals surface area contributed by atoms with E-state index in [2.05, 4.69) is 138 Å². The molecular formula is C39H51N2+. The standard InChI is InChI=1S/C39H51N2/c1-9-26-40-33-20-13-11-18-31(33)38(5,6)35(40)24-22-29-16-15-17-30(37(29)28(3)4)23-25-36-39(7,8)32-19-12-14-21-34(32)41(36)27-10-2/h11-14,18-25,28H,9-10,15-17,26-27H2,1-8H3/q+1. The monoisotopic (exact) mass is 547 g/mol. The first-order valence-corrected chi connectivity index (χ1v) is 16.1. The van der Waals surface area contributed by atoms with E-state index < -0.39 is 0 Å². The largest absolute Gasteiger partial charge is 0.344 e. The van der Waals surface area contributed by atoms with Gasteiger partial charge in [0.25, 0.3) is 0 Å². The Bertz CT molecular complexity index is 1450. The minimum Gasteiger partial charge on any atom is -0.344 e. The van der Waals surface area contributed by atoms with E-state index in [0.717, 1.165) is 38.8 Å². The van der Waals surface area contributed by atoms with E-state index in [9.17, 15) is 0 Å². The van der Waals surface area contributed by atoms with Crippen molar-refractivity contribution in [1.29, 1.82) is 0 Å². The number of benzene rings is 2. The fourth-order valence-electron chi connectivity index (χ4n) is 7.60. The molecule has 0 unspecified atom stereocenters. The van der Waals surface area contributed by atoms with Gasteiger partial charge in [-0.2, -0.15) is 4.58 Å². The number of rotatable bonds is 8. The molecule has 2 aromatic rings. The van der Waals surface area contributed by atoms with Crippen molar-refractivity contribution in [2.75, 3.05) is 18.0 Å². The molecular weight excluding hydrogens is 496 g/mol. The van der Waals surface area contributed by atoms with Crippen LogP contribution in [0.2, 0.25) is 0 Å². The Labute approximate surface area is 249 Å². The zero-order chi connectivity index (χ0) is 29.4. The Morgan fingerprint density at radius 2 is 1.54 bits per heavy atom. The second-order valence-electron chi connectivity index (χ2n) is 13.5. The third kappa shape index (κ3) is 5.20. The molecule has 2 heterocycles. The van der Waals surface area contributed by atoms with Gasteiger partial charge in [-0.05, 0) is 79.9 Å². The van der Waals surface area contributed by atoms with Gasteiger partial charge < -0.3 is 4.90 Å². The highest BCUT2D eigenvalue weighted by atomic mass is 15.2. The summed E-state index contributed by atoms with van der Waals surface area (Å²) in [5, 5.41) is 0. The van der Waals surface area contributed by atoms with Crippen LogP contribution in [-0.2, 0) is 10.8 Å². The molecule has 41 heavy (non-hydrogen) atoms. The fraction of sp³-hybridized carbons (Fsp3) is 0.462. The highest BCUT2D eigenvalue weighted by Crippen LogP contribution is 2.48. The summed E-state index contributed by atoms with van der Waals surface area (Å²) in [6.07, 6.45) is 15.7. The van der Waals surface area contributed by atoms with Crippen LogP contribution in [0.3, 0.4) is 0 Å². The van der Waals surface area contributed by atoms with Gasteiger partial charge in [-0.1, -0.05) is 90.1 Å². The minimum absolute atomic E-state index is 0.00433. The van der Waals surface area contributed by atoms with Crippen LogP contribution in [0.5, 0.6) is 0 Å². The van der Waals surface area contributed by atoms with Crippen LogP contribution < -0.4 is 4.90 Å². The Balaban J connectivity index is 1.55. The van der Waals surface area contributed by atoms with Crippen molar-refractivity contribution in [1.82, 2.24) is 0 Å². The van der Waals surface area contributed by atoms with Crippen molar-refractivity contribution in [3.8, 4) is 0 Å². The van der Waals surface area contributed by atoms with Crippen LogP contribution >= 0.6 is 0 Å². The SMILES string of the molecule is CCCN1/C(=C/C=C2\CCCC(/C=C/C3=[N+](CCC)c4ccccc4C3(C)C)=C2C(C)C)C(C)(C)c2ccccc21. The van der Waals surface area contributed by atoms with Gasteiger partial charge in [0.2, 0.25) is 5.69 Å². The molecule has 0 N–H and O–H groups in total. The van der Waals surface area contributed by atoms with Gasteiger partial charge in [-0.15, -0.1) is 0 Å². The van der Waals surface area contributed by atoms with E-state index in [1.807, 2.05) is 0 Å². The first-order valence-electron chi connectivity index (χ1n) is 16.1. The molecule has 2 aromatic carbocycles. The predicted octanol–water partition coefficient (Wildman–Crippen LogP) is 10.2. The molecule has 0 bridgehead atoms. The minimum atomic E-state index is 0.00433. The van der Waals surface area contributed by atoms with Gasteiger partial charge >= 0.3 is 0 Å². The second-order valence-corrected chi connectivity index (χ2v) is 13.5. The smallest absolute Gasteiger partial charge is 0.209 e. The summed E-state index contributed by atoms with van der Waals surface area (Å²) in [6, 6.07) is 18.0. The Morgan fingerprint density at radius 1 is 0.829 bits per heavy atom. The van der Waals surface area contributed by atoms with Gasteiger partial charge in [-0.3, -0.25) is 0 Å². The molecule has 0 atom stereocenters. The maximum absolute atomic E-state index is 2.56. The first kappa shape index (κ1) is 29.4. The number of fused-ring (bicyclic) bond motifs is 2. The summed E-state index contributed by atoms with van der Waals surface area (Å²) >= 11 is 0. The molecule has 2 aliphatic heterocycles. The highest BCUT2D eigenvalue weighted by Gasteiger charge is 2.44. The summed E-state index contributed by atoms with van der Waals surface area (Å²) in [5.74, 6) is 0.491. The van der Waals surface area contributed by atoms with Crippen molar-refractivity contribution in [3.05, 3.63) is 106 Å². The van der Waals surface area contributed by atoms with E-state index in [4.69, 9.17) is 0 Å². The average Bonchev–Trinajstić information content (AvgIpc) is 3.29. The van der Waals surface area contributed by atoms with Gasteiger partial charge in [0, 0.05) is 47.5 Å². The van der Waals surface area contributed by atoms with Crippen LogP contribution in [0.4, 0.5) is 11.4 Å². The normalized spacial score (nSPS) is 21.6. The lowest BCUT2D eigenvalue weighted by molar-refractivity contribution is -0.437. The van der Waals surface area contributed by atoms with Crippen LogP contribution in [-0.4, -0.2) is 23.4 Å². The molecule has 216 valence electrons. The topological polar surface area (TPSA) is 6.25 Å². The van der Waals surface area contributed by atoms with E-state index in [0.29, 0.717) is 5.92 Å². The maximum Gasteiger partial charge on any atom is 0.209 e. The summed E-state index contributed by atoms with van der Waals surface area (Å²) in [5.41, 5.74) is 13.1. The van der Waals surface area contributed by atoms with Gasteiger partial charge in [0.1, 0.15) is 6.54 Å². The molecule has 2 heteroatoms. The molecule has 0 aromatic heterocycles. The van der Waals surface area contributed by atoms with Crippen LogP contribution in [0, 0.1) is 5.92 Å². The molecule has 0 amide bonds. The van der Waals surface area contributed by atoms with Gasteiger partial charge in [0.15, 0.2) is 5.71 Å². The predicted molar refractivity (Wildman–Crippen MR) is 178 cm³/mol. The number of anilines is 1. The number of nitrogens with zero attached hydrogens (tertiary/aromatic N) is 2. The van der Waals surface area contributed by atoms with E-state index >= 15 is 0 Å². The van der Waals surface area contributed by atoms with Crippen molar-refractivity contribution >= 4 is 17.1 Å². The molecule has 0 radical (unpaired) electrons. The number of para-hydroxylation sites is 2. The summed E-state index contributed by atoms with van der Waals surface area (Å²) in [6.45, 7) is 21.0. The van der Waals surface area contributed by atoms with E-state index in [1.54, 1.807) is 5.57 Å². The molecule has 5 rings (SSSR count). The van der Waals surface area contributed by atoms with Crippen molar-refractivity contribution in [2.24, 2.45) is 5.92 Å². The Morgan fingerprint density at radius 3 is 2.24 bits per heavy atom. The second kappa shape index (κ2) is 11.6. The van der Waals surface area contributed by atoms with Crippen LogP contribution in [0.15, 0.2) is 95.3 Å². The van der Waals surface area contributed by atoms with Crippen LogP contribution in [0.25, 0.3) is 0 Å². The quantitative estimate of drug-likeness (QED) is 0.298. The third-order valence-electron chi connectivity index (χ3n) is 9.54. The number of hydrogen-bond acceptors (Lipinski definition) is 1. The molecule has 0 fully saturated rings. The van der Waals surface area contributed by atoms with Crippen molar-refractivity contribution in [2.45, 2.75) is 98.3 Å². The zero-order valence-electron chi connectivity index (χ0n) is 26.8. The summed E-state index contributed by atoms with van der Waals surface area (Å²) in [4.78, 5) is 2.56. The lowest BCUT2D eigenvalue weighted by atomic mass is 9.79. The molecule has 0 spiro atoms. The maximum atomic E-state index is 2.56. The third-order valence-corrected chi connectivity index (χ3v) is 9.54. The summed E-state index contributed by atoms with van der Waals surface area (Å²) < 4.78 is 2.56. The summed E-state index contributed by atoms with van der Waals surface area (Å²) in [7, 11) is 0.